The highest BCUT2D eigenvalue weighted by Crippen LogP contribution is 2.33. The Bertz CT molecular complexity index is 436. The summed E-state index contributed by atoms with van der Waals surface area (Å²) in [4.78, 5) is 13.6. The van der Waals surface area contributed by atoms with Gasteiger partial charge in [-0.05, 0) is 30.5 Å². The number of aryl methyl sites for hydroxylation is 1. The average Bonchev–Trinajstić information content (AvgIpc) is 2.28. The second kappa shape index (κ2) is 3.23. The first kappa shape index (κ1) is 8.72. The topological polar surface area (TPSA) is 20.3 Å². The van der Waals surface area contributed by atoms with E-state index in [4.69, 9.17) is 0 Å². The third kappa shape index (κ3) is 1.37. The summed E-state index contributed by atoms with van der Waals surface area (Å²) in [5, 5.41) is 0. The minimum atomic E-state index is 0.260. The van der Waals surface area contributed by atoms with Gasteiger partial charge in [0.05, 0.1) is 0 Å². The van der Waals surface area contributed by atoms with Crippen molar-refractivity contribution in [3.8, 4) is 0 Å². The van der Waals surface area contributed by atoms with E-state index in [2.05, 4.69) is 29.2 Å². The molecule has 0 saturated heterocycles. The van der Waals surface area contributed by atoms with Crippen LogP contribution in [0.25, 0.3) is 0 Å². The van der Waals surface area contributed by atoms with Crippen LogP contribution in [0.1, 0.15) is 18.4 Å². The second-order valence-corrected chi connectivity index (χ2v) is 4.21. The zero-order valence-corrected chi connectivity index (χ0v) is 8.52. The Labute approximate surface area is 89.2 Å². The van der Waals surface area contributed by atoms with Crippen LogP contribution in [0.3, 0.4) is 0 Å². The average molecular weight is 199 g/mol. The normalized spacial score (nSPS) is 23.6. The lowest BCUT2D eigenvalue weighted by molar-refractivity contribution is -0.115. The molecule has 0 spiro atoms. The van der Waals surface area contributed by atoms with E-state index in [-0.39, 0.29) is 5.78 Å². The molecule has 3 rings (SSSR count). The van der Waals surface area contributed by atoms with E-state index in [1.807, 2.05) is 6.20 Å². The zero-order valence-electron chi connectivity index (χ0n) is 8.52. The van der Waals surface area contributed by atoms with Gasteiger partial charge in [-0.15, -0.1) is 0 Å². The van der Waals surface area contributed by atoms with Gasteiger partial charge in [0, 0.05) is 24.4 Å². The summed E-state index contributed by atoms with van der Waals surface area (Å²) in [6, 6.07) is 8.85. The minimum absolute atomic E-state index is 0.260. The van der Waals surface area contributed by atoms with Crippen LogP contribution in [0.4, 0.5) is 5.69 Å². The van der Waals surface area contributed by atoms with Crippen molar-refractivity contribution < 1.29 is 4.79 Å². The predicted molar refractivity (Wildman–Crippen MR) is 59.8 cm³/mol. The van der Waals surface area contributed by atoms with Crippen LogP contribution in [-0.2, 0) is 11.2 Å². The summed E-state index contributed by atoms with van der Waals surface area (Å²) < 4.78 is 0. The molecule has 2 heterocycles. The Morgan fingerprint density at radius 1 is 1.27 bits per heavy atom. The molecular weight excluding hydrogens is 186 g/mol. The summed E-state index contributed by atoms with van der Waals surface area (Å²) in [6.45, 7) is 0. The molecule has 2 aliphatic rings. The Kier molecular flexibility index (Phi) is 1.88. The summed E-state index contributed by atoms with van der Waals surface area (Å²) in [5.74, 6) is 0.260. The van der Waals surface area contributed by atoms with Crippen molar-refractivity contribution in [1.82, 2.24) is 0 Å². The van der Waals surface area contributed by atoms with E-state index in [9.17, 15) is 4.79 Å². The number of ketones is 1. The van der Waals surface area contributed by atoms with E-state index in [0.29, 0.717) is 12.5 Å². The molecule has 2 heteroatoms. The van der Waals surface area contributed by atoms with Crippen molar-refractivity contribution in [3.05, 3.63) is 42.1 Å². The first-order valence-corrected chi connectivity index (χ1v) is 5.42. The van der Waals surface area contributed by atoms with Gasteiger partial charge < -0.3 is 4.90 Å². The van der Waals surface area contributed by atoms with E-state index < -0.39 is 0 Å². The fourth-order valence-electron chi connectivity index (χ4n) is 2.50. The van der Waals surface area contributed by atoms with Gasteiger partial charge in [-0.25, -0.2) is 0 Å². The molecule has 0 N–H and O–H groups in total. The number of fused-ring (bicyclic) bond motifs is 3. The Morgan fingerprint density at radius 3 is 3.07 bits per heavy atom. The van der Waals surface area contributed by atoms with Gasteiger partial charge in [0.1, 0.15) is 0 Å². The van der Waals surface area contributed by atoms with Crippen molar-refractivity contribution in [2.45, 2.75) is 25.3 Å². The highest BCUT2D eigenvalue weighted by Gasteiger charge is 2.28. The molecule has 0 saturated carbocycles. The summed E-state index contributed by atoms with van der Waals surface area (Å²) in [5.41, 5.74) is 2.67. The molecule has 0 fully saturated rings. The van der Waals surface area contributed by atoms with Crippen LogP contribution >= 0.6 is 0 Å². The van der Waals surface area contributed by atoms with Crippen molar-refractivity contribution in [1.29, 1.82) is 0 Å². The molecule has 0 aromatic heterocycles. The Morgan fingerprint density at radius 2 is 2.13 bits per heavy atom. The van der Waals surface area contributed by atoms with E-state index in [0.717, 1.165) is 12.8 Å². The number of hydrogen-bond donors (Lipinski definition) is 0. The minimum Gasteiger partial charge on any atom is -0.344 e. The van der Waals surface area contributed by atoms with E-state index >= 15 is 0 Å². The number of anilines is 1. The molecule has 0 bridgehead atoms. The largest absolute Gasteiger partial charge is 0.344 e. The molecular formula is C13H13NO. The number of rotatable bonds is 0. The monoisotopic (exact) mass is 199 g/mol. The highest BCUT2D eigenvalue weighted by atomic mass is 16.1. The predicted octanol–water partition coefficient (Wildman–Crippen LogP) is 2.29. The van der Waals surface area contributed by atoms with Crippen LogP contribution in [0, 0.1) is 0 Å². The molecule has 76 valence electrons. The fourth-order valence-corrected chi connectivity index (χ4v) is 2.50. The molecule has 2 aliphatic heterocycles. The van der Waals surface area contributed by atoms with Crippen molar-refractivity contribution in [2.24, 2.45) is 0 Å². The molecule has 0 aliphatic carbocycles. The third-order valence-corrected chi connectivity index (χ3v) is 3.27. The lowest BCUT2D eigenvalue weighted by Crippen LogP contribution is -2.39. The number of allylic oxidation sites excluding steroid dienone is 1. The van der Waals surface area contributed by atoms with Gasteiger partial charge >= 0.3 is 0 Å². The van der Waals surface area contributed by atoms with Crippen LogP contribution in [0.15, 0.2) is 36.5 Å². The van der Waals surface area contributed by atoms with Crippen molar-refractivity contribution in [2.75, 3.05) is 4.90 Å². The Hall–Kier alpha value is -1.57. The second-order valence-electron chi connectivity index (χ2n) is 4.21. The van der Waals surface area contributed by atoms with Crippen LogP contribution in [-0.4, -0.2) is 11.8 Å². The molecule has 0 amide bonds. The van der Waals surface area contributed by atoms with E-state index in [1.165, 1.54) is 11.3 Å². The smallest absolute Gasteiger partial charge is 0.159 e. The van der Waals surface area contributed by atoms with Crippen LogP contribution in [0.5, 0.6) is 0 Å². The van der Waals surface area contributed by atoms with Gasteiger partial charge in [0.15, 0.2) is 5.78 Å². The summed E-state index contributed by atoms with van der Waals surface area (Å²) in [6.07, 6.45) is 6.49. The van der Waals surface area contributed by atoms with Crippen LogP contribution < -0.4 is 4.90 Å². The number of hydrogen-bond acceptors (Lipinski definition) is 2. The summed E-state index contributed by atoms with van der Waals surface area (Å²) >= 11 is 0. The fraction of sp³-hybridized carbons (Fsp3) is 0.308. The number of benzene rings is 1. The van der Waals surface area contributed by atoms with Crippen molar-refractivity contribution in [3.63, 3.8) is 0 Å². The Balaban J connectivity index is 2.06. The van der Waals surface area contributed by atoms with Gasteiger partial charge in [-0.2, -0.15) is 0 Å². The quantitative estimate of drug-likeness (QED) is 0.639. The van der Waals surface area contributed by atoms with Gasteiger partial charge in [-0.1, -0.05) is 18.2 Å². The maximum absolute atomic E-state index is 11.3. The molecule has 0 unspecified atom stereocenters. The zero-order chi connectivity index (χ0) is 10.3. The van der Waals surface area contributed by atoms with E-state index in [1.54, 1.807) is 6.08 Å². The van der Waals surface area contributed by atoms with Crippen molar-refractivity contribution >= 4 is 11.5 Å². The SMILES string of the molecule is O=C1C=CN2c3ccccc3CC[C@H]2C1. The standard InChI is InChI=1S/C13H13NO/c15-12-7-8-14-11(9-12)6-5-10-3-1-2-4-13(10)14/h1-4,7-8,11H,5-6,9H2/t11-/m0/s1. The lowest BCUT2D eigenvalue weighted by atomic mass is 9.91. The van der Waals surface area contributed by atoms with Gasteiger partial charge in [0.25, 0.3) is 0 Å². The summed E-state index contributed by atoms with van der Waals surface area (Å²) in [7, 11) is 0. The van der Waals surface area contributed by atoms with Crippen LogP contribution in [0.2, 0.25) is 0 Å². The molecule has 1 aromatic rings. The molecule has 1 aromatic carbocycles. The maximum atomic E-state index is 11.3. The maximum Gasteiger partial charge on any atom is 0.159 e. The molecule has 2 nitrogen and oxygen atoms in total. The third-order valence-electron chi connectivity index (χ3n) is 3.27. The number of carbonyl (C=O) groups excluding carboxylic acids is 1. The highest BCUT2D eigenvalue weighted by molar-refractivity contribution is 5.92. The number of nitrogens with zero attached hydrogens (tertiary/aromatic N) is 1. The first-order chi connectivity index (χ1) is 7.34. The molecule has 15 heavy (non-hydrogen) atoms. The van der Waals surface area contributed by atoms with Gasteiger partial charge in [-0.3, -0.25) is 4.79 Å². The van der Waals surface area contributed by atoms with Gasteiger partial charge in [0.2, 0.25) is 0 Å². The molecule has 1 atom stereocenters. The molecule has 0 radical (unpaired) electrons. The number of carbonyl (C=O) groups is 1. The lowest BCUT2D eigenvalue weighted by Gasteiger charge is -2.38. The number of para-hydroxylation sites is 1. The first-order valence-electron chi connectivity index (χ1n) is 5.42.